The third-order valence-corrected chi connectivity index (χ3v) is 4.66. The van der Waals surface area contributed by atoms with E-state index in [1.54, 1.807) is 6.07 Å². The first-order chi connectivity index (χ1) is 12.3. The first kappa shape index (κ1) is 20.4. The lowest BCUT2D eigenvalue weighted by atomic mass is 10.0. The molecule has 2 amide bonds. The molecule has 0 aliphatic carbocycles. The highest BCUT2D eigenvalue weighted by Gasteiger charge is 2.17. The third-order valence-electron chi connectivity index (χ3n) is 4.66. The molecule has 0 radical (unpaired) electrons. The fraction of sp³-hybridized carbons (Fsp3) is 0.600. The number of nitrogens with one attached hydrogen (secondary N) is 2. The van der Waals surface area contributed by atoms with Crippen molar-refractivity contribution in [1.82, 2.24) is 4.90 Å². The quantitative estimate of drug-likeness (QED) is 0.698. The Bertz CT molecular complexity index is 624. The number of carbonyl (C=O) groups excluding carboxylic acids is 2. The van der Waals surface area contributed by atoms with Crippen molar-refractivity contribution in [3.05, 3.63) is 23.8 Å². The fourth-order valence-electron chi connectivity index (χ4n) is 3.19. The average molecular weight is 361 g/mol. The van der Waals surface area contributed by atoms with Gasteiger partial charge >= 0.3 is 0 Å². The van der Waals surface area contributed by atoms with Gasteiger partial charge in [-0.3, -0.25) is 14.5 Å². The van der Waals surface area contributed by atoms with Gasteiger partial charge < -0.3 is 16.4 Å². The Balaban J connectivity index is 1.95. The van der Waals surface area contributed by atoms with Crippen molar-refractivity contribution in [3.63, 3.8) is 0 Å². The summed E-state index contributed by atoms with van der Waals surface area (Å²) in [7, 11) is 0. The van der Waals surface area contributed by atoms with Gasteiger partial charge in [-0.25, -0.2) is 0 Å². The molecule has 4 N–H and O–H groups in total. The summed E-state index contributed by atoms with van der Waals surface area (Å²) in [5.74, 6) is 0.140. The van der Waals surface area contributed by atoms with Gasteiger partial charge in [-0.15, -0.1) is 0 Å². The predicted molar refractivity (Wildman–Crippen MR) is 106 cm³/mol. The summed E-state index contributed by atoms with van der Waals surface area (Å²) in [6, 6.07) is 4.98. The molecule has 0 unspecified atom stereocenters. The summed E-state index contributed by atoms with van der Waals surface area (Å²) < 4.78 is 0. The number of nitrogens with zero attached hydrogens (tertiary/aromatic N) is 1. The minimum absolute atomic E-state index is 0.0185. The van der Waals surface area contributed by atoms with Crippen molar-refractivity contribution in [2.45, 2.75) is 52.5 Å². The van der Waals surface area contributed by atoms with Crippen molar-refractivity contribution in [2.75, 3.05) is 30.3 Å². The fourth-order valence-corrected chi connectivity index (χ4v) is 3.19. The number of piperidine rings is 1. The molecule has 1 heterocycles. The smallest absolute Gasteiger partial charge is 0.241 e. The number of likely N-dealkylation sites (tertiary alicyclic amines) is 1. The average Bonchev–Trinajstić information content (AvgIpc) is 2.58. The van der Waals surface area contributed by atoms with E-state index in [1.165, 1.54) is 6.42 Å². The van der Waals surface area contributed by atoms with Crippen molar-refractivity contribution in [2.24, 2.45) is 11.7 Å². The van der Waals surface area contributed by atoms with Crippen LogP contribution in [-0.4, -0.2) is 42.4 Å². The second-order valence-corrected chi connectivity index (χ2v) is 7.64. The Morgan fingerprint density at radius 1 is 1.15 bits per heavy atom. The van der Waals surface area contributed by atoms with Crippen LogP contribution in [0, 0.1) is 12.8 Å². The molecule has 0 spiro atoms. The maximum absolute atomic E-state index is 12.3. The maximum Gasteiger partial charge on any atom is 0.241 e. The number of hydrogen-bond donors (Lipinski definition) is 3. The minimum atomic E-state index is -0.534. The van der Waals surface area contributed by atoms with Crippen molar-refractivity contribution < 1.29 is 9.59 Å². The summed E-state index contributed by atoms with van der Waals surface area (Å²) in [6.45, 7) is 8.39. The van der Waals surface area contributed by atoms with Gasteiger partial charge in [0.05, 0.1) is 12.6 Å². The van der Waals surface area contributed by atoms with E-state index in [0.29, 0.717) is 24.6 Å². The summed E-state index contributed by atoms with van der Waals surface area (Å²) >= 11 is 0. The van der Waals surface area contributed by atoms with Crippen LogP contribution >= 0.6 is 0 Å². The lowest BCUT2D eigenvalue weighted by molar-refractivity contribution is -0.118. The second kappa shape index (κ2) is 9.69. The first-order valence-electron chi connectivity index (χ1n) is 9.54. The predicted octanol–water partition coefficient (Wildman–Crippen LogP) is 2.73. The van der Waals surface area contributed by atoms with Crippen molar-refractivity contribution in [3.8, 4) is 0 Å². The number of hydrogen-bond acceptors (Lipinski definition) is 4. The van der Waals surface area contributed by atoms with E-state index in [-0.39, 0.29) is 11.8 Å². The van der Waals surface area contributed by atoms with Gasteiger partial charge in [0.1, 0.15) is 0 Å². The van der Waals surface area contributed by atoms with Gasteiger partial charge in [-0.1, -0.05) is 26.3 Å². The van der Waals surface area contributed by atoms with Crippen LogP contribution in [0.15, 0.2) is 18.2 Å². The number of amides is 2. The lowest BCUT2D eigenvalue weighted by Gasteiger charge is -2.25. The Morgan fingerprint density at radius 2 is 1.85 bits per heavy atom. The molecular weight excluding hydrogens is 328 g/mol. The van der Waals surface area contributed by atoms with E-state index < -0.39 is 6.04 Å². The Labute approximate surface area is 156 Å². The molecule has 26 heavy (non-hydrogen) atoms. The molecule has 1 aromatic carbocycles. The number of aryl methyl sites for hydroxylation is 1. The SMILES string of the molecule is Cc1ccc(NC(=O)[C@@H](N)CC(C)C)cc1NC(=O)CN1CCCCC1. The molecule has 6 heteroatoms. The molecule has 0 bridgehead atoms. The topological polar surface area (TPSA) is 87.5 Å². The normalized spacial score (nSPS) is 16.3. The Hall–Kier alpha value is -1.92. The van der Waals surface area contributed by atoms with E-state index in [1.807, 2.05) is 32.9 Å². The first-order valence-corrected chi connectivity index (χ1v) is 9.54. The van der Waals surface area contributed by atoms with Crippen molar-refractivity contribution in [1.29, 1.82) is 0 Å². The molecule has 0 aromatic heterocycles. The van der Waals surface area contributed by atoms with Gasteiger partial charge in [-0.05, 0) is 62.9 Å². The molecule has 1 saturated heterocycles. The lowest BCUT2D eigenvalue weighted by Crippen LogP contribution is -2.37. The van der Waals surface area contributed by atoms with Gasteiger partial charge in [0.2, 0.25) is 11.8 Å². The van der Waals surface area contributed by atoms with Crippen LogP contribution in [-0.2, 0) is 9.59 Å². The zero-order valence-electron chi connectivity index (χ0n) is 16.2. The highest BCUT2D eigenvalue weighted by molar-refractivity contribution is 5.97. The van der Waals surface area contributed by atoms with E-state index in [4.69, 9.17) is 5.73 Å². The van der Waals surface area contributed by atoms with Crippen LogP contribution in [0.5, 0.6) is 0 Å². The maximum atomic E-state index is 12.3. The highest BCUT2D eigenvalue weighted by atomic mass is 16.2. The van der Waals surface area contributed by atoms with Gasteiger partial charge in [0.15, 0.2) is 0 Å². The van der Waals surface area contributed by atoms with Crippen molar-refractivity contribution >= 4 is 23.2 Å². The molecule has 144 valence electrons. The number of benzene rings is 1. The summed E-state index contributed by atoms with van der Waals surface area (Å²) in [5, 5.41) is 5.81. The Morgan fingerprint density at radius 3 is 2.50 bits per heavy atom. The zero-order valence-corrected chi connectivity index (χ0v) is 16.2. The molecule has 1 aliphatic heterocycles. The van der Waals surface area contributed by atoms with E-state index in [2.05, 4.69) is 15.5 Å². The zero-order chi connectivity index (χ0) is 19.1. The van der Waals surface area contributed by atoms with Crippen LogP contribution in [0.2, 0.25) is 0 Å². The monoisotopic (exact) mass is 360 g/mol. The summed E-state index contributed by atoms with van der Waals surface area (Å²) in [4.78, 5) is 26.7. The molecule has 1 aliphatic rings. The van der Waals surface area contributed by atoms with Crippen LogP contribution in [0.4, 0.5) is 11.4 Å². The second-order valence-electron chi connectivity index (χ2n) is 7.64. The number of rotatable bonds is 7. The van der Waals surface area contributed by atoms with Crippen LogP contribution in [0.25, 0.3) is 0 Å². The molecular formula is C20H32N4O2. The van der Waals surface area contributed by atoms with E-state index in [9.17, 15) is 9.59 Å². The van der Waals surface area contributed by atoms with Crippen LogP contribution in [0.1, 0.15) is 45.1 Å². The van der Waals surface area contributed by atoms with Gasteiger partial charge in [-0.2, -0.15) is 0 Å². The third kappa shape index (κ3) is 6.42. The molecule has 0 saturated carbocycles. The van der Waals surface area contributed by atoms with E-state index >= 15 is 0 Å². The summed E-state index contributed by atoms with van der Waals surface area (Å²) in [5.41, 5.74) is 8.26. The molecule has 1 atom stereocenters. The largest absolute Gasteiger partial charge is 0.325 e. The molecule has 2 rings (SSSR count). The molecule has 6 nitrogen and oxygen atoms in total. The van der Waals surface area contributed by atoms with Gasteiger partial charge in [0.25, 0.3) is 0 Å². The number of carbonyl (C=O) groups is 2. The molecule has 1 aromatic rings. The Kier molecular flexibility index (Phi) is 7.60. The van der Waals surface area contributed by atoms with Gasteiger partial charge in [0, 0.05) is 11.4 Å². The van der Waals surface area contributed by atoms with Crippen LogP contribution in [0.3, 0.4) is 0 Å². The van der Waals surface area contributed by atoms with Crippen LogP contribution < -0.4 is 16.4 Å². The van der Waals surface area contributed by atoms with E-state index in [0.717, 1.165) is 37.2 Å². The summed E-state index contributed by atoms with van der Waals surface area (Å²) in [6.07, 6.45) is 4.20. The highest BCUT2D eigenvalue weighted by Crippen LogP contribution is 2.21. The minimum Gasteiger partial charge on any atom is -0.325 e. The number of nitrogens with two attached hydrogens (primary N) is 1. The molecule has 1 fully saturated rings. The number of anilines is 2. The standard InChI is InChI=1S/C20H32N4O2/c1-14(2)11-17(21)20(26)22-16-8-7-15(3)18(12-16)23-19(25)13-24-9-5-4-6-10-24/h7-8,12,14,17H,4-6,9-11,13,21H2,1-3H3,(H,22,26)(H,23,25)/t17-/m0/s1.